The molecule has 4 atom stereocenters. The first-order valence-corrected chi connectivity index (χ1v) is 8.70. The van der Waals surface area contributed by atoms with E-state index in [0.717, 1.165) is 6.04 Å². The second-order valence-electron chi connectivity index (χ2n) is 7.95. The molecule has 3 heteroatoms. The predicted octanol–water partition coefficient (Wildman–Crippen LogP) is 2.80. The highest BCUT2D eigenvalue weighted by atomic mass is 16.5. The zero-order valence-corrected chi connectivity index (χ0v) is 13.5. The monoisotopic (exact) mass is 280 g/mol. The topological polar surface area (TPSA) is 24.5 Å². The van der Waals surface area contributed by atoms with Gasteiger partial charge in [-0.2, -0.15) is 0 Å². The fraction of sp³-hybridized carbons (Fsp3) is 1.00. The van der Waals surface area contributed by atoms with Gasteiger partial charge < -0.3 is 10.1 Å². The van der Waals surface area contributed by atoms with Crippen molar-refractivity contribution in [1.29, 1.82) is 0 Å². The highest BCUT2D eigenvalue weighted by molar-refractivity contribution is 4.98. The van der Waals surface area contributed by atoms with Gasteiger partial charge in [0.1, 0.15) is 0 Å². The van der Waals surface area contributed by atoms with Crippen LogP contribution in [0.25, 0.3) is 0 Å². The van der Waals surface area contributed by atoms with Crippen LogP contribution in [0.2, 0.25) is 0 Å². The van der Waals surface area contributed by atoms with Crippen LogP contribution < -0.4 is 5.32 Å². The molecule has 4 unspecified atom stereocenters. The smallest absolute Gasteiger partial charge is 0.0707 e. The van der Waals surface area contributed by atoms with Gasteiger partial charge in [-0.05, 0) is 50.5 Å². The zero-order chi connectivity index (χ0) is 14.2. The normalized spacial score (nSPS) is 41.0. The summed E-state index contributed by atoms with van der Waals surface area (Å²) in [6, 6.07) is 1.41. The Morgan fingerprint density at radius 3 is 2.50 bits per heavy atom. The van der Waals surface area contributed by atoms with Crippen molar-refractivity contribution in [2.24, 2.45) is 5.41 Å². The SMILES string of the molecule is CCCNC1CCC(C)(C)CC1N1CC2CCC(C1)O2. The molecule has 2 aliphatic heterocycles. The van der Waals surface area contributed by atoms with Crippen molar-refractivity contribution in [1.82, 2.24) is 10.2 Å². The summed E-state index contributed by atoms with van der Waals surface area (Å²) < 4.78 is 6.02. The van der Waals surface area contributed by atoms with Gasteiger partial charge in [0.05, 0.1) is 12.2 Å². The Labute approximate surface area is 124 Å². The molecule has 0 radical (unpaired) electrons. The minimum absolute atomic E-state index is 0.506. The van der Waals surface area contributed by atoms with Crippen molar-refractivity contribution in [3.63, 3.8) is 0 Å². The predicted molar refractivity (Wildman–Crippen MR) is 83.0 cm³/mol. The van der Waals surface area contributed by atoms with E-state index in [4.69, 9.17) is 4.74 Å². The van der Waals surface area contributed by atoms with E-state index in [2.05, 4.69) is 31.0 Å². The largest absolute Gasteiger partial charge is 0.372 e. The molecule has 1 aliphatic carbocycles. The molecule has 1 N–H and O–H groups in total. The van der Waals surface area contributed by atoms with Gasteiger partial charge >= 0.3 is 0 Å². The molecule has 1 saturated carbocycles. The number of ether oxygens (including phenoxy) is 1. The summed E-state index contributed by atoms with van der Waals surface area (Å²) in [5.41, 5.74) is 0.506. The molecule has 20 heavy (non-hydrogen) atoms. The van der Waals surface area contributed by atoms with Crippen LogP contribution in [0.1, 0.15) is 59.3 Å². The summed E-state index contributed by atoms with van der Waals surface area (Å²) in [4.78, 5) is 2.76. The maximum Gasteiger partial charge on any atom is 0.0707 e. The molecule has 116 valence electrons. The van der Waals surface area contributed by atoms with Crippen molar-refractivity contribution in [2.75, 3.05) is 19.6 Å². The van der Waals surface area contributed by atoms with E-state index in [9.17, 15) is 0 Å². The molecular formula is C17H32N2O. The van der Waals surface area contributed by atoms with E-state index >= 15 is 0 Å². The first kappa shape index (κ1) is 14.8. The van der Waals surface area contributed by atoms with Crippen LogP contribution >= 0.6 is 0 Å². The van der Waals surface area contributed by atoms with E-state index in [1.807, 2.05) is 0 Å². The van der Waals surface area contributed by atoms with E-state index in [1.54, 1.807) is 0 Å². The van der Waals surface area contributed by atoms with Gasteiger partial charge in [-0.1, -0.05) is 20.8 Å². The number of hydrogen-bond donors (Lipinski definition) is 1. The lowest BCUT2D eigenvalue weighted by atomic mass is 9.72. The Morgan fingerprint density at radius 1 is 1.15 bits per heavy atom. The second-order valence-corrected chi connectivity index (χ2v) is 7.95. The van der Waals surface area contributed by atoms with Crippen LogP contribution in [-0.4, -0.2) is 48.8 Å². The van der Waals surface area contributed by atoms with Crippen LogP contribution in [0.15, 0.2) is 0 Å². The summed E-state index contributed by atoms with van der Waals surface area (Å²) in [5.74, 6) is 0. The van der Waals surface area contributed by atoms with Crippen LogP contribution in [0.4, 0.5) is 0 Å². The molecule has 3 nitrogen and oxygen atoms in total. The van der Waals surface area contributed by atoms with Crippen molar-refractivity contribution < 1.29 is 4.74 Å². The first-order chi connectivity index (χ1) is 9.57. The molecule has 2 bridgehead atoms. The molecule has 0 spiro atoms. The number of hydrogen-bond acceptors (Lipinski definition) is 3. The standard InChI is InChI=1S/C17H32N2O/c1-4-9-18-15-7-8-17(2,3)10-16(15)19-11-13-5-6-14(12-19)20-13/h13-16,18H,4-12H2,1-3H3. The first-order valence-electron chi connectivity index (χ1n) is 8.70. The Morgan fingerprint density at radius 2 is 1.85 bits per heavy atom. The van der Waals surface area contributed by atoms with Gasteiger partial charge in [0.25, 0.3) is 0 Å². The van der Waals surface area contributed by atoms with Gasteiger partial charge in [-0.25, -0.2) is 0 Å². The molecule has 0 aromatic carbocycles. The summed E-state index contributed by atoms with van der Waals surface area (Å²) in [6.07, 6.45) is 8.88. The average Bonchev–Trinajstić information content (AvgIpc) is 2.75. The lowest BCUT2D eigenvalue weighted by Gasteiger charge is -2.48. The maximum absolute atomic E-state index is 6.02. The highest BCUT2D eigenvalue weighted by Gasteiger charge is 2.42. The van der Waals surface area contributed by atoms with Gasteiger partial charge in [-0.3, -0.25) is 4.90 Å². The quantitative estimate of drug-likeness (QED) is 0.857. The average molecular weight is 280 g/mol. The van der Waals surface area contributed by atoms with E-state index in [-0.39, 0.29) is 0 Å². The molecular weight excluding hydrogens is 248 g/mol. The minimum Gasteiger partial charge on any atom is -0.372 e. The Balaban J connectivity index is 1.68. The van der Waals surface area contributed by atoms with Crippen LogP contribution in [0.3, 0.4) is 0 Å². The lowest BCUT2D eigenvalue weighted by Crippen LogP contribution is -2.58. The fourth-order valence-electron chi connectivity index (χ4n) is 4.42. The molecule has 3 fully saturated rings. The van der Waals surface area contributed by atoms with Gasteiger partial charge in [-0.15, -0.1) is 0 Å². The van der Waals surface area contributed by atoms with E-state index < -0.39 is 0 Å². The van der Waals surface area contributed by atoms with Crippen LogP contribution in [-0.2, 0) is 4.74 Å². The van der Waals surface area contributed by atoms with Crippen LogP contribution in [0.5, 0.6) is 0 Å². The fourth-order valence-corrected chi connectivity index (χ4v) is 4.42. The molecule has 0 aromatic heterocycles. The number of nitrogens with zero attached hydrogens (tertiary/aromatic N) is 1. The number of nitrogens with one attached hydrogen (secondary N) is 1. The molecule has 3 rings (SSSR count). The third-order valence-corrected chi connectivity index (χ3v) is 5.56. The van der Waals surface area contributed by atoms with Crippen LogP contribution in [0, 0.1) is 5.41 Å². The summed E-state index contributed by atoms with van der Waals surface area (Å²) >= 11 is 0. The molecule has 0 amide bonds. The molecule has 0 aromatic rings. The highest BCUT2D eigenvalue weighted by Crippen LogP contribution is 2.39. The third-order valence-electron chi connectivity index (χ3n) is 5.56. The van der Waals surface area contributed by atoms with Crippen molar-refractivity contribution >= 4 is 0 Å². The Bertz CT molecular complexity index is 319. The summed E-state index contributed by atoms with van der Waals surface area (Å²) in [5, 5.41) is 3.82. The van der Waals surface area contributed by atoms with E-state index in [0.29, 0.717) is 23.7 Å². The third kappa shape index (κ3) is 3.20. The summed E-state index contributed by atoms with van der Waals surface area (Å²) in [6.45, 7) is 10.7. The maximum atomic E-state index is 6.02. The van der Waals surface area contributed by atoms with E-state index in [1.165, 1.54) is 58.2 Å². The zero-order valence-electron chi connectivity index (χ0n) is 13.5. The number of rotatable bonds is 4. The van der Waals surface area contributed by atoms with Crippen molar-refractivity contribution in [3.8, 4) is 0 Å². The Hall–Kier alpha value is -0.120. The Kier molecular flexibility index (Phi) is 4.40. The molecule has 2 heterocycles. The van der Waals surface area contributed by atoms with Gasteiger partial charge in [0, 0.05) is 25.2 Å². The number of likely N-dealkylation sites (tertiary alicyclic amines) is 1. The second kappa shape index (κ2) is 5.94. The lowest BCUT2D eigenvalue weighted by molar-refractivity contribution is -0.0703. The van der Waals surface area contributed by atoms with Crippen molar-refractivity contribution in [2.45, 2.75) is 83.6 Å². The molecule has 2 saturated heterocycles. The molecule has 3 aliphatic rings. The number of fused-ring (bicyclic) bond motifs is 2. The van der Waals surface area contributed by atoms with Crippen molar-refractivity contribution in [3.05, 3.63) is 0 Å². The minimum atomic E-state index is 0.506. The number of morpholine rings is 1. The summed E-state index contributed by atoms with van der Waals surface area (Å²) in [7, 11) is 0. The van der Waals surface area contributed by atoms with Gasteiger partial charge in [0.15, 0.2) is 0 Å². The van der Waals surface area contributed by atoms with Gasteiger partial charge in [0.2, 0.25) is 0 Å².